The minimum absolute atomic E-state index is 0.261. The van der Waals surface area contributed by atoms with Crippen molar-refractivity contribution in [2.24, 2.45) is 0 Å². The standard InChI is InChI=1S/C15H21N7O3S/c1-2-24-15(23)22-5-3-20(4-6-22)13-14(21-7-9-26-10-8-21)17-12-11(16-13)18-25-19-12/h2-10H2,1H3. The van der Waals surface area contributed by atoms with E-state index in [-0.39, 0.29) is 6.09 Å². The molecular formula is C15H21N7O3S. The van der Waals surface area contributed by atoms with Crippen molar-refractivity contribution in [1.82, 2.24) is 25.2 Å². The van der Waals surface area contributed by atoms with Gasteiger partial charge in [-0.1, -0.05) is 0 Å². The Morgan fingerprint density at radius 3 is 2.15 bits per heavy atom. The van der Waals surface area contributed by atoms with Crippen LogP contribution in [0.5, 0.6) is 0 Å². The summed E-state index contributed by atoms with van der Waals surface area (Å²) in [5.74, 6) is 3.72. The van der Waals surface area contributed by atoms with Gasteiger partial charge in [0.15, 0.2) is 11.6 Å². The average molecular weight is 379 g/mol. The van der Waals surface area contributed by atoms with Gasteiger partial charge in [0.25, 0.3) is 0 Å². The second kappa shape index (κ2) is 7.52. The van der Waals surface area contributed by atoms with Gasteiger partial charge in [-0.25, -0.2) is 19.4 Å². The number of anilines is 2. The van der Waals surface area contributed by atoms with Crippen LogP contribution in [0.2, 0.25) is 0 Å². The van der Waals surface area contributed by atoms with E-state index in [1.807, 2.05) is 18.7 Å². The molecule has 2 aromatic heterocycles. The number of nitrogens with zero attached hydrogens (tertiary/aromatic N) is 7. The van der Waals surface area contributed by atoms with E-state index in [0.29, 0.717) is 44.1 Å². The summed E-state index contributed by atoms with van der Waals surface area (Å²) in [4.78, 5) is 27.3. The summed E-state index contributed by atoms with van der Waals surface area (Å²) >= 11 is 1.94. The molecule has 2 aliphatic heterocycles. The molecule has 0 N–H and O–H groups in total. The zero-order valence-corrected chi connectivity index (χ0v) is 15.4. The molecule has 2 aromatic rings. The maximum atomic E-state index is 11.9. The molecule has 10 nitrogen and oxygen atoms in total. The molecule has 0 radical (unpaired) electrons. The van der Waals surface area contributed by atoms with Gasteiger partial charge >= 0.3 is 6.09 Å². The largest absolute Gasteiger partial charge is 0.450 e. The van der Waals surface area contributed by atoms with Crippen molar-refractivity contribution in [3.05, 3.63) is 0 Å². The Kier molecular flexibility index (Phi) is 4.96. The van der Waals surface area contributed by atoms with E-state index in [2.05, 4.69) is 30.1 Å². The highest BCUT2D eigenvalue weighted by Gasteiger charge is 2.28. The maximum Gasteiger partial charge on any atom is 0.409 e. The number of aromatic nitrogens is 4. The lowest BCUT2D eigenvalue weighted by molar-refractivity contribution is 0.105. The summed E-state index contributed by atoms with van der Waals surface area (Å²) in [6, 6.07) is 0. The van der Waals surface area contributed by atoms with Crippen molar-refractivity contribution in [3.63, 3.8) is 0 Å². The Labute approximate surface area is 154 Å². The van der Waals surface area contributed by atoms with E-state index >= 15 is 0 Å². The lowest BCUT2D eigenvalue weighted by Gasteiger charge is -2.37. The van der Waals surface area contributed by atoms with Crippen LogP contribution in [-0.2, 0) is 4.74 Å². The third-order valence-electron chi connectivity index (χ3n) is 4.49. The number of hydrogen-bond donors (Lipinski definition) is 0. The molecule has 0 atom stereocenters. The third-order valence-corrected chi connectivity index (χ3v) is 5.44. The van der Waals surface area contributed by atoms with Crippen LogP contribution in [0.15, 0.2) is 4.63 Å². The van der Waals surface area contributed by atoms with Crippen molar-refractivity contribution in [2.45, 2.75) is 6.92 Å². The fraction of sp³-hybridized carbons (Fsp3) is 0.667. The van der Waals surface area contributed by atoms with Crippen LogP contribution >= 0.6 is 11.8 Å². The number of hydrogen-bond acceptors (Lipinski definition) is 10. The van der Waals surface area contributed by atoms with Gasteiger partial charge in [0.2, 0.25) is 11.3 Å². The van der Waals surface area contributed by atoms with Crippen LogP contribution in [-0.4, -0.2) is 88.7 Å². The number of thioether (sulfide) groups is 1. The second-order valence-electron chi connectivity index (χ2n) is 6.05. The van der Waals surface area contributed by atoms with E-state index < -0.39 is 0 Å². The first-order valence-corrected chi connectivity index (χ1v) is 9.91. The van der Waals surface area contributed by atoms with Crippen LogP contribution in [0, 0.1) is 0 Å². The molecule has 26 heavy (non-hydrogen) atoms. The number of carbonyl (C=O) groups excluding carboxylic acids is 1. The van der Waals surface area contributed by atoms with Gasteiger partial charge in [0, 0.05) is 50.8 Å². The van der Waals surface area contributed by atoms with Crippen molar-refractivity contribution >= 4 is 40.8 Å². The van der Waals surface area contributed by atoms with Crippen molar-refractivity contribution in [1.29, 1.82) is 0 Å². The van der Waals surface area contributed by atoms with E-state index in [4.69, 9.17) is 9.37 Å². The summed E-state index contributed by atoms with van der Waals surface area (Å²) in [6.07, 6.45) is -0.261. The average Bonchev–Trinajstić information content (AvgIpc) is 3.15. The van der Waals surface area contributed by atoms with Gasteiger partial charge in [-0.15, -0.1) is 0 Å². The molecule has 140 valence electrons. The first kappa shape index (κ1) is 17.1. The molecule has 0 aromatic carbocycles. The fourth-order valence-electron chi connectivity index (χ4n) is 3.14. The second-order valence-corrected chi connectivity index (χ2v) is 7.28. The molecule has 2 fully saturated rings. The molecule has 2 aliphatic rings. The number of amides is 1. The summed E-state index contributed by atoms with van der Waals surface area (Å²) in [6.45, 7) is 6.55. The topological polar surface area (TPSA) is 101 Å². The summed E-state index contributed by atoms with van der Waals surface area (Å²) in [7, 11) is 0. The van der Waals surface area contributed by atoms with E-state index in [9.17, 15) is 4.79 Å². The van der Waals surface area contributed by atoms with Gasteiger partial charge in [-0.3, -0.25) is 0 Å². The van der Waals surface area contributed by atoms with Crippen LogP contribution < -0.4 is 9.80 Å². The van der Waals surface area contributed by atoms with Gasteiger partial charge < -0.3 is 19.4 Å². The SMILES string of the molecule is CCOC(=O)N1CCN(c2nc3nonc3nc2N2CCSCC2)CC1. The van der Waals surface area contributed by atoms with Crippen LogP contribution in [0.25, 0.3) is 11.3 Å². The Balaban J connectivity index is 1.58. The molecule has 4 heterocycles. The van der Waals surface area contributed by atoms with Gasteiger partial charge in [0.1, 0.15) is 0 Å². The highest BCUT2D eigenvalue weighted by Crippen LogP contribution is 2.29. The predicted molar refractivity (Wildman–Crippen MR) is 97.7 cm³/mol. The van der Waals surface area contributed by atoms with Gasteiger partial charge in [-0.05, 0) is 17.2 Å². The lowest BCUT2D eigenvalue weighted by Crippen LogP contribution is -2.49. The minimum atomic E-state index is -0.261. The maximum absolute atomic E-state index is 11.9. The first-order chi connectivity index (χ1) is 12.8. The van der Waals surface area contributed by atoms with Gasteiger partial charge in [0.05, 0.1) is 6.61 Å². The van der Waals surface area contributed by atoms with Gasteiger partial charge in [-0.2, -0.15) is 11.8 Å². The van der Waals surface area contributed by atoms with Crippen molar-refractivity contribution in [2.75, 3.05) is 67.2 Å². The monoisotopic (exact) mass is 379 g/mol. The number of carbonyl (C=O) groups is 1. The summed E-state index contributed by atoms with van der Waals surface area (Å²) in [5, 5.41) is 7.67. The molecule has 1 amide bonds. The zero-order chi connectivity index (χ0) is 17.9. The minimum Gasteiger partial charge on any atom is -0.450 e. The Hall–Kier alpha value is -2.30. The Morgan fingerprint density at radius 1 is 1.00 bits per heavy atom. The summed E-state index contributed by atoms with van der Waals surface area (Å²) < 4.78 is 9.88. The number of piperazine rings is 1. The normalized spacial score (nSPS) is 18.4. The molecule has 0 spiro atoms. The van der Waals surface area contributed by atoms with Crippen LogP contribution in [0.4, 0.5) is 16.4 Å². The smallest absolute Gasteiger partial charge is 0.409 e. The van der Waals surface area contributed by atoms with Crippen LogP contribution in [0.1, 0.15) is 6.92 Å². The Morgan fingerprint density at radius 2 is 1.58 bits per heavy atom. The highest BCUT2D eigenvalue weighted by molar-refractivity contribution is 7.99. The number of fused-ring (bicyclic) bond motifs is 1. The zero-order valence-electron chi connectivity index (χ0n) is 14.6. The molecule has 0 saturated carbocycles. The number of rotatable bonds is 3. The molecule has 11 heteroatoms. The van der Waals surface area contributed by atoms with E-state index in [1.165, 1.54) is 0 Å². The van der Waals surface area contributed by atoms with Crippen LogP contribution in [0.3, 0.4) is 0 Å². The molecular weight excluding hydrogens is 358 g/mol. The predicted octanol–water partition coefficient (Wildman–Crippen LogP) is 0.844. The quantitative estimate of drug-likeness (QED) is 0.762. The molecule has 0 aliphatic carbocycles. The molecule has 0 bridgehead atoms. The third kappa shape index (κ3) is 3.35. The highest BCUT2D eigenvalue weighted by atomic mass is 32.2. The first-order valence-electron chi connectivity index (χ1n) is 8.76. The molecule has 4 rings (SSSR count). The molecule has 0 unspecified atom stereocenters. The number of ether oxygens (including phenoxy) is 1. The van der Waals surface area contributed by atoms with Crippen molar-refractivity contribution in [3.8, 4) is 0 Å². The Bertz CT molecular complexity index is 772. The molecule has 2 saturated heterocycles. The van der Waals surface area contributed by atoms with E-state index in [1.54, 1.807) is 4.90 Å². The van der Waals surface area contributed by atoms with Crippen molar-refractivity contribution < 1.29 is 14.2 Å². The van der Waals surface area contributed by atoms with E-state index in [0.717, 1.165) is 36.2 Å². The lowest BCUT2D eigenvalue weighted by atomic mass is 10.3. The summed E-state index contributed by atoms with van der Waals surface area (Å²) in [5.41, 5.74) is 0.829. The fourth-order valence-corrected chi connectivity index (χ4v) is 4.04.